The second kappa shape index (κ2) is 8.65. The highest BCUT2D eigenvalue weighted by Gasteiger charge is 2.40. The third-order valence-corrected chi connectivity index (χ3v) is 4.60. The topological polar surface area (TPSA) is 45.2 Å². The van der Waals surface area contributed by atoms with E-state index in [0.717, 1.165) is 6.08 Å². The van der Waals surface area contributed by atoms with Crippen LogP contribution in [0.15, 0.2) is 41.8 Å². The van der Waals surface area contributed by atoms with Crippen LogP contribution in [-0.4, -0.2) is 35.2 Å². The largest absolute Gasteiger partial charge is 0.424 e. The van der Waals surface area contributed by atoms with Crippen LogP contribution in [0.3, 0.4) is 0 Å². The number of hydrogen-bond acceptors (Lipinski definition) is 2. The lowest BCUT2D eigenvalue weighted by Gasteiger charge is -2.36. The SMILES string of the molecule is C#C/C(=C\C=C(/C)NC(=O)N1CCC(F)(c2ncccc2Cl)CC1)C(F)(F)F. The molecule has 0 unspecified atom stereocenters. The van der Waals surface area contributed by atoms with E-state index in [2.05, 4.69) is 10.3 Å². The lowest BCUT2D eigenvalue weighted by molar-refractivity contribution is -0.0871. The summed E-state index contributed by atoms with van der Waals surface area (Å²) < 4.78 is 52.9. The number of carbonyl (C=O) groups excluding carboxylic acids is 1. The van der Waals surface area contributed by atoms with Gasteiger partial charge in [0.05, 0.1) is 10.7 Å². The van der Waals surface area contributed by atoms with Gasteiger partial charge < -0.3 is 10.2 Å². The van der Waals surface area contributed by atoms with Crippen molar-refractivity contribution in [3.63, 3.8) is 0 Å². The van der Waals surface area contributed by atoms with Gasteiger partial charge in [-0.3, -0.25) is 4.98 Å². The number of likely N-dealkylation sites (tertiary alicyclic amines) is 1. The van der Waals surface area contributed by atoms with Crippen LogP contribution < -0.4 is 5.32 Å². The predicted octanol–water partition coefficient (Wildman–Crippen LogP) is 4.73. The fourth-order valence-electron chi connectivity index (χ4n) is 2.74. The summed E-state index contributed by atoms with van der Waals surface area (Å²) >= 11 is 6.02. The van der Waals surface area contributed by atoms with E-state index >= 15 is 4.39 Å². The maximum absolute atomic E-state index is 15.2. The summed E-state index contributed by atoms with van der Waals surface area (Å²) in [6, 6.07) is 2.62. The van der Waals surface area contributed by atoms with Crippen molar-refractivity contribution >= 4 is 17.6 Å². The number of aromatic nitrogens is 1. The number of amides is 2. The summed E-state index contributed by atoms with van der Waals surface area (Å²) in [5.74, 6) is 1.55. The molecule has 1 aromatic heterocycles. The van der Waals surface area contributed by atoms with E-state index in [-0.39, 0.29) is 42.3 Å². The number of halogens is 5. The number of carbonyl (C=O) groups is 1. The van der Waals surface area contributed by atoms with Crippen molar-refractivity contribution in [1.82, 2.24) is 15.2 Å². The molecule has 9 heteroatoms. The Morgan fingerprint density at radius 3 is 2.57 bits per heavy atom. The highest BCUT2D eigenvalue weighted by atomic mass is 35.5. The number of piperidine rings is 1. The van der Waals surface area contributed by atoms with Crippen LogP contribution >= 0.6 is 11.6 Å². The molecule has 0 atom stereocenters. The summed E-state index contributed by atoms with van der Waals surface area (Å²) in [6.45, 7) is 1.64. The first-order valence-corrected chi connectivity index (χ1v) is 8.73. The molecule has 0 bridgehead atoms. The maximum atomic E-state index is 15.2. The minimum atomic E-state index is -4.64. The van der Waals surface area contributed by atoms with Gasteiger partial charge in [0.2, 0.25) is 0 Å². The number of rotatable bonds is 3. The van der Waals surface area contributed by atoms with Gasteiger partial charge in [-0.15, -0.1) is 6.42 Å². The molecule has 1 aliphatic rings. The average molecular weight is 416 g/mol. The number of alkyl halides is 4. The summed E-state index contributed by atoms with van der Waals surface area (Å²) in [4.78, 5) is 17.6. The van der Waals surface area contributed by atoms with E-state index in [4.69, 9.17) is 18.0 Å². The summed E-state index contributed by atoms with van der Waals surface area (Å²) in [6.07, 6.45) is 3.44. The van der Waals surface area contributed by atoms with Gasteiger partial charge in [-0.05, 0) is 31.2 Å². The first kappa shape index (κ1) is 21.8. The highest BCUT2D eigenvalue weighted by molar-refractivity contribution is 6.31. The van der Waals surface area contributed by atoms with Crippen molar-refractivity contribution in [2.45, 2.75) is 31.6 Å². The lowest BCUT2D eigenvalue weighted by atomic mass is 9.89. The second-order valence-corrected chi connectivity index (χ2v) is 6.70. The highest BCUT2D eigenvalue weighted by Crippen LogP contribution is 2.39. The Bertz CT molecular complexity index is 834. The van der Waals surface area contributed by atoms with Crippen LogP contribution in [0.5, 0.6) is 0 Å². The maximum Gasteiger partial charge on any atom is 0.424 e. The van der Waals surface area contributed by atoms with Crippen molar-refractivity contribution < 1.29 is 22.4 Å². The fourth-order valence-corrected chi connectivity index (χ4v) is 3.03. The number of urea groups is 1. The Hall–Kier alpha value is -2.53. The quantitative estimate of drug-likeness (QED) is 0.440. The number of nitrogens with zero attached hydrogens (tertiary/aromatic N) is 2. The molecule has 4 nitrogen and oxygen atoms in total. The second-order valence-electron chi connectivity index (χ2n) is 6.29. The molecular formula is C19H18ClF4N3O. The van der Waals surface area contributed by atoms with Crippen LogP contribution in [0.1, 0.15) is 25.5 Å². The Kier molecular flexibility index (Phi) is 6.73. The van der Waals surface area contributed by atoms with E-state index in [0.29, 0.717) is 6.08 Å². The molecule has 1 aliphatic heterocycles. The van der Waals surface area contributed by atoms with Gasteiger partial charge in [0.1, 0.15) is 5.57 Å². The smallest absolute Gasteiger partial charge is 0.324 e. The molecule has 1 N–H and O–H groups in total. The average Bonchev–Trinajstić information content (AvgIpc) is 2.61. The van der Waals surface area contributed by atoms with Gasteiger partial charge in [0.25, 0.3) is 0 Å². The van der Waals surface area contributed by atoms with Crippen LogP contribution in [0.2, 0.25) is 5.02 Å². The first-order chi connectivity index (χ1) is 13.1. The lowest BCUT2D eigenvalue weighted by Crippen LogP contribution is -2.47. The number of nitrogens with one attached hydrogen (secondary N) is 1. The standard InChI is InChI=1S/C19H18ClF4N3O/c1-3-14(19(22,23)24)7-6-13(2)26-17(28)27-11-8-18(21,9-12-27)16-15(20)5-4-10-25-16/h1,4-7,10H,8-9,11-12H2,2H3,(H,26,28)/b13-6+,14-7+. The Morgan fingerprint density at radius 2 is 2.04 bits per heavy atom. The molecule has 0 saturated carbocycles. The van der Waals surface area contributed by atoms with Crippen LogP contribution in [-0.2, 0) is 5.67 Å². The molecule has 28 heavy (non-hydrogen) atoms. The Labute approximate surface area is 165 Å². The van der Waals surface area contributed by atoms with Crippen LogP contribution in [0.4, 0.5) is 22.4 Å². The fraction of sp³-hybridized carbons (Fsp3) is 0.368. The van der Waals surface area contributed by atoms with E-state index in [9.17, 15) is 18.0 Å². The van der Waals surface area contributed by atoms with Crippen LogP contribution in [0, 0.1) is 12.3 Å². The minimum absolute atomic E-state index is 0.00906. The molecular weight excluding hydrogens is 398 g/mol. The van der Waals surface area contributed by atoms with Gasteiger partial charge >= 0.3 is 12.2 Å². The minimum Gasteiger partial charge on any atom is -0.324 e. The van der Waals surface area contributed by atoms with Crippen molar-refractivity contribution in [2.75, 3.05) is 13.1 Å². The van der Waals surface area contributed by atoms with Gasteiger partial charge in [0, 0.05) is 37.8 Å². The number of allylic oxidation sites excluding steroid dienone is 4. The number of hydrogen-bond donors (Lipinski definition) is 1. The zero-order valence-corrected chi connectivity index (χ0v) is 15.7. The molecule has 1 fully saturated rings. The zero-order valence-electron chi connectivity index (χ0n) is 15.0. The van der Waals surface area contributed by atoms with Crippen molar-refractivity contribution in [1.29, 1.82) is 0 Å². The first-order valence-electron chi connectivity index (χ1n) is 8.35. The van der Waals surface area contributed by atoms with Crippen molar-refractivity contribution in [3.8, 4) is 12.3 Å². The van der Waals surface area contributed by atoms with Gasteiger partial charge in [-0.1, -0.05) is 17.5 Å². The zero-order chi connectivity index (χ0) is 20.9. The molecule has 0 aromatic carbocycles. The molecule has 2 rings (SSSR count). The molecule has 0 radical (unpaired) electrons. The van der Waals surface area contributed by atoms with E-state index < -0.39 is 23.4 Å². The molecule has 2 heterocycles. The number of terminal acetylenes is 1. The molecule has 150 valence electrons. The van der Waals surface area contributed by atoms with Crippen LogP contribution in [0.25, 0.3) is 0 Å². The molecule has 0 aliphatic carbocycles. The number of pyridine rings is 1. The van der Waals surface area contributed by atoms with Gasteiger partial charge in [-0.2, -0.15) is 13.2 Å². The normalized spacial score (nSPS) is 17.8. The van der Waals surface area contributed by atoms with Gasteiger partial charge in [0.15, 0.2) is 5.67 Å². The van der Waals surface area contributed by atoms with Gasteiger partial charge in [-0.25, -0.2) is 9.18 Å². The molecule has 0 spiro atoms. The molecule has 1 aromatic rings. The Balaban J connectivity index is 1.99. The third kappa shape index (κ3) is 5.26. The summed E-state index contributed by atoms with van der Waals surface area (Å²) in [5.41, 5.74) is -2.58. The molecule has 1 saturated heterocycles. The summed E-state index contributed by atoms with van der Waals surface area (Å²) in [7, 11) is 0. The van der Waals surface area contributed by atoms with E-state index in [1.165, 1.54) is 18.0 Å². The predicted molar refractivity (Wildman–Crippen MR) is 98.1 cm³/mol. The van der Waals surface area contributed by atoms with Crippen molar-refractivity contribution in [3.05, 3.63) is 52.5 Å². The van der Waals surface area contributed by atoms with E-state index in [1.54, 1.807) is 18.1 Å². The summed E-state index contributed by atoms with van der Waals surface area (Å²) in [5, 5.41) is 2.69. The molecule has 2 amide bonds. The van der Waals surface area contributed by atoms with E-state index in [1.807, 2.05) is 0 Å². The third-order valence-electron chi connectivity index (χ3n) is 4.29. The Morgan fingerprint density at radius 1 is 1.39 bits per heavy atom. The van der Waals surface area contributed by atoms with Crippen molar-refractivity contribution in [2.24, 2.45) is 0 Å². The monoisotopic (exact) mass is 415 g/mol.